The molecule has 0 spiro atoms. The van der Waals surface area contributed by atoms with E-state index in [0.717, 1.165) is 5.56 Å². The number of aromatic nitrogens is 6. The van der Waals surface area contributed by atoms with Gasteiger partial charge in [0.05, 0.1) is 12.4 Å². The van der Waals surface area contributed by atoms with E-state index >= 15 is 0 Å². The Kier molecular flexibility index (Phi) is 4.83. The van der Waals surface area contributed by atoms with E-state index in [2.05, 4.69) is 19.8 Å². The molecule has 1 fully saturated rings. The summed E-state index contributed by atoms with van der Waals surface area (Å²) in [4.78, 5) is 33.1. The molecule has 0 amide bonds. The topological polar surface area (TPSA) is 110 Å². The van der Waals surface area contributed by atoms with Gasteiger partial charge in [-0.3, -0.25) is 9.36 Å². The summed E-state index contributed by atoms with van der Waals surface area (Å²) in [5, 5.41) is 4.26. The third kappa shape index (κ3) is 3.57. The maximum absolute atomic E-state index is 12.6. The van der Waals surface area contributed by atoms with Crippen LogP contribution in [0.4, 0.5) is 8.78 Å². The highest BCUT2D eigenvalue weighted by molar-refractivity contribution is 5.68. The van der Waals surface area contributed by atoms with Crippen molar-refractivity contribution < 1.29 is 17.9 Å². The summed E-state index contributed by atoms with van der Waals surface area (Å²) in [6.45, 7) is -2.89. The number of alkyl halides is 2. The zero-order valence-electron chi connectivity index (χ0n) is 16.9. The molecular weight excluding hydrogens is 426 g/mol. The summed E-state index contributed by atoms with van der Waals surface area (Å²) in [7, 11) is 1.70. The van der Waals surface area contributed by atoms with Crippen LogP contribution in [0.2, 0.25) is 0 Å². The lowest BCUT2D eigenvalue weighted by Crippen LogP contribution is -2.31. The highest BCUT2D eigenvalue weighted by atomic mass is 19.3. The first-order chi connectivity index (χ1) is 15.4. The molecule has 3 aromatic heterocycles. The fraction of sp³-hybridized carbons (Fsp3) is 0.350. The first-order valence-electron chi connectivity index (χ1n) is 9.89. The molecule has 32 heavy (non-hydrogen) atoms. The normalized spacial score (nSPS) is 18.2. The van der Waals surface area contributed by atoms with Crippen molar-refractivity contribution in [2.45, 2.75) is 38.0 Å². The largest absolute Gasteiger partial charge is 0.437 e. The second kappa shape index (κ2) is 7.70. The van der Waals surface area contributed by atoms with E-state index in [9.17, 15) is 18.4 Å². The van der Waals surface area contributed by atoms with Crippen molar-refractivity contribution in [3.05, 3.63) is 69.3 Å². The number of halogens is 2. The minimum Gasteiger partial charge on any atom is -0.435 e. The number of fused-ring (bicyclic) bond motifs is 1. The Morgan fingerprint density at radius 2 is 1.88 bits per heavy atom. The molecule has 0 atom stereocenters. The van der Waals surface area contributed by atoms with Crippen LogP contribution in [0.5, 0.6) is 5.75 Å². The molecule has 1 aromatic carbocycles. The molecule has 0 radical (unpaired) electrons. The summed E-state index contributed by atoms with van der Waals surface area (Å²) < 4.78 is 38.3. The summed E-state index contributed by atoms with van der Waals surface area (Å²) in [6, 6.07) is 6.34. The van der Waals surface area contributed by atoms with Crippen molar-refractivity contribution in [3.8, 4) is 5.75 Å². The van der Waals surface area contributed by atoms with Crippen molar-refractivity contribution in [2.75, 3.05) is 0 Å². The van der Waals surface area contributed by atoms with E-state index in [0.29, 0.717) is 24.0 Å². The van der Waals surface area contributed by atoms with Gasteiger partial charge >= 0.3 is 12.4 Å². The summed E-state index contributed by atoms with van der Waals surface area (Å²) in [5.41, 5.74) is 1.35. The quantitative estimate of drug-likeness (QED) is 0.448. The molecule has 10 nitrogen and oxygen atoms in total. The third-order valence-corrected chi connectivity index (χ3v) is 5.65. The van der Waals surface area contributed by atoms with E-state index in [1.165, 1.54) is 34.0 Å². The number of nitrogens with zero attached hydrogens (tertiary/aromatic N) is 6. The van der Waals surface area contributed by atoms with Crippen LogP contribution in [0, 0.1) is 0 Å². The van der Waals surface area contributed by atoms with Crippen molar-refractivity contribution in [3.63, 3.8) is 0 Å². The van der Waals surface area contributed by atoms with Gasteiger partial charge in [0, 0.05) is 7.05 Å². The number of ether oxygens (including phenoxy) is 1. The number of benzene rings is 1. The Morgan fingerprint density at radius 1 is 1.16 bits per heavy atom. The highest BCUT2D eigenvalue weighted by Gasteiger charge is 2.34. The van der Waals surface area contributed by atoms with E-state index in [1.807, 2.05) is 0 Å². The zero-order valence-corrected chi connectivity index (χ0v) is 16.9. The van der Waals surface area contributed by atoms with Crippen LogP contribution in [0.3, 0.4) is 0 Å². The van der Waals surface area contributed by atoms with E-state index < -0.39 is 12.4 Å². The monoisotopic (exact) mass is 444 g/mol. The summed E-state index contributed by atoms with van der Waals surface area (Å²) in [6.07, 6.45) is 4.16. The predicted molar refractivity (Wildman–Crippen MR) is 107 cm³/mol. The van der Waals surface area contributed by atoms with Crippen LogP contribution in [-0.2, 0) is 13.6 Å². The smallest absolute Gasteiger partial charge is 0.435 e. The van der Waals surface area contributed by atoms with E-state index in [-0.39, 0.29) is 35.7 Å². The maximum atomic E-state index is 12.6. The van der Waals surface area contributed by atoms with Crippen LogP contribution >= 0.6 is 0 Å². The lowest BCUT2D eigenvalue weighted by Gasteiger charge is -2.34. The van der Waals surface area contributed by atoms with Gasteiger partial charge < -0.3 is 13.7 Å². The number of hydrogen-bond donors (Lipinski definition) is 0. The Balaban J connectivity index is 1.28. The maximum Gasteiger partial charge on any atom is 0.437 e. The Morgan fingerprint density at radius 3 is 2.59 bits per heavy atom. The van der Waals surface area contributed by atoms with Gasteiger partial charge in [0.25, 0.3) is 5.56 Å². The Bertz CT molecular complexity index is 1380. The molecule has 1 aliphatic rings. The number of hydrogen-bond acceptors (Lipinski definition) is 7. The highest BCUT2D eigenvalue weighted by Crippen LogP contribution is 2.44. The second-order valence-corrected chi connectivity index (χ2v) is 7.68. The number of aryl methyl sites for hydroxylation is 1. The van der Waals surface area contributed by atoms with Crippen molar-refractivity contribution in [1.29, 1.82) is 0 Å². The summed E-state index contributed by atoms with van der Waals surface area (Å²) in [5.74, 6) is -0.207. The van der Waals surface area contributed by atoms with Crippen molar-refractivity contribution >= 4 is 11.2 Å². The van der Waals surface area contributed by atoms with Crippen LogP contribution in [-0.4, -0.2) is 35.5 Å². The molecular formula is C20H18F2N6O4. The Labute approximate surface area is 178 Å². The van der Waals surface area contributed by atoms with Gasteiger partial charge in [0.15, 0.2) is 11.2 Å². The molecule has 12 heteroatoms. The van der Waals surface area contributed by atoms with Gasteiger partial charge in [-0.25, -0.2) is 14.8 Å². The van der Waals surface area contributed by atoms with Crippen LogP contribution in [0.1, 0.15) is 36.3 Å². The van der Waals surface area contributed by atoms with Crippen molar-refractivity contribution in [1.82, 2.24) is 28.9 Å². The molecule has 166 valence electrons. The molecule has 1 saturated carbocycles. The lowest BCUT2D eigenvalue weighted by molar-refractivity contribution is -0.0498. The summed E-state index contributed by atoms with van der Waals surface area (Å²) >= 11 is 0. The zero-order chi connectivity index (χ0) is 22.4. The molecule has 4 aromatic rings. The van der Waals surface area contributed by atoms with Gasteiger partial charge in [-0.1, -0.05) is 12.1 Å². The molecule has 5 rings (SSSR count). The van der Waals surface area contributed by atoms with E-state index in [4.69, 9.17) is 4.42 Å². The number of rotatable bonds is 6. The van der Waals surface area contributed by atoms with Crippen LogP contribution in [0.15, 0.2) is 50.9 Å². The van der Waals surface area contributed by atoms with Gasteiger partial charge in [-0.2, -0.15) is 13.5 Å². The molecule has 0 unspecified atom stereocenters. The van der Waals surface area contributed by atoms with Gasteiger partial charge in [0.2, 0.25) is 5.89 Å². The molecule has 0 bridgehead atoms. The van der Waals surface area contributed by atoms with Crippen LogP contribution < -0.4 is 16.1 Å². The molecule has 0 N–H and O–H groups in total. The fourth-order valence-electron chi connectivity index (χ4n) is 3.93. The first kappa shape index (κ1) is 20.1. The first-order valence-corrected chi connectivity index (χ1v) is 9.89. The van der Waals surface area contributed by atoms with Gasteiger partial charge in [0.1, 0.15) is 18.6 Å². The molecule has 0 saturated heterocycles. The van der Waals surface area contributed by atoms with Crippen molar-refractivity contribution in [2.24, 2.45) is 7.05 Å². The second-order valence-electron chi connectivity index (χ2n) is 7.68. The molecule has 0 aliphatic heterocycles. The van der Waals surface area contributed by atoms with Gasteiger partial charge in [-0.15, -0.1) is 5.10 Å². The molecule has 3 heterocycles. The third-order valence-electron chi connectivity index (χ3n) is 5.65. The SMILES string of the molecule is Cn1cnc2ncn(Cc3nn([C@H]4C[C@H](c5ccc(OC(F)F)cc5)C4)c(=O)o3)c(=O)c21. The van der Waals surface area contributed by atoms with Gasteiger partial charge in [-0.05, 0) is 36.5 Å². The average molecular weight is 444 g/mol. The predicted octanol–water partition coefficient (Wildman–Crippen LogP) is 2.05. The van der Waals surface area contributed by atoms with Crippen LogP contribution in [0.25, 0.3) is 11.2 Å². The number of imidazole rings is 1. The Hall–Kier alpha value is -3.83. The lowest BCUT2D eigenvalue weighted by atomic mass is 9.76. The minimum atomic E-state index is -2.86. The fourth-order valence-corrected chi connectivity index (χ4v) is 3.93. The average Bonchev–Trinajstić information content (AvgIpc) is 3.27. The van der Waals surface area contributed by atoms with E-state index in [1.54, 1.807) is 23.7 Å². The standard InChI is InChI=1S/C20H18F2N6O4/c1-26-9-23-17-16(26)18(29)27(10-24-17)8-15-25-28(20(30)32-15)13-6-12(7-13)11-2-4-14(5-3-11)31-19(21)22/h2-5,9-10,12-13,19H,6-8H2,1H3/t12-,13-. The molecule has 1 aliphatic carbocycles. The minimum absolute atomic E-state index is 0.0308.